The molecule has 0 bridgehead atoms. The third kappa shape index (κ3) is 3.45. The number of amides is 2. The highest BCUT2D eigenvalue weighted by Gasteiger charge is 2.43. The second kappa shape index (κ2) is 7.10. The Bertz CT molecular complexity index is 894. The van der Waals surface area contributed by atoms with E-state index in [4.69, 9.17) is 0 Å². The van der Waals surface area contributed by atoms with E-state index in [0.717, 1.165) is 36.4 Å². The van der Waals surface area contributed by atoms with E-state index in [-0.39, 0.29) is 24.9 Å². The molecule has 0 saturated carbocycles. The van der Waals surface area contributed by atoms with Crippen LogP contribution in [0, 0.1) is 0 Å². The van der Waals surface area contributed by atoms with Gasteiger partial charge in [0.05, 0.1) is 17.3 Å². The summed E-state index contributed by atoms with van der Waals surface area (Å²) in [6, 6.07) is 3.79. The number of alkyl halides is 3. The first-order valence-corrected chi connectivity index (χ1v) is 9.47. The fraction of sp³-hybridized carbons (Fsp3) is 0.526. The van der Waals surface area contributed by atoms with Crippen molar-refractivity contribution in [3.8, 4) is 0 Å². The lowest BCUT2D eigenvalue weighted by Gasteiger charge is -2.32. The molecule has 9 heteroatoms. The number of hydrogen-bond donors (Lipinski definition) is 0. The minimum atomic E-state index is -4.83. The van der Waals surface area contributed by atoms with Gasteiger partial charge in [0.2, 0.25) is 0 Å². The number of pyridine rings is 1. The number of carbonyl (C=O) groups is 2. The molecular weight excluding hydrogens is 373 g/mol. The zero-order valence-corrected chi connectivity index (χ0v) is 15.3. The first-order chi connectivity index (χ1) is 13.3. The molecule has 2 saturated heterocycles. The van der Waals surface area contributed by atoms with Crippen LogP contribution >= 0.6 is 0 Å². The normalized spacial score (nSPS) is 18.8. The summed E-state index contributed by atoms with van der Waals surface area (Å²) >= 11 is 0. The summed E-state index contributed by atoms with van der Waals surface area (Å²) in [5.74, 6) is -1.75. The highest BCUT2D eigenvalue weighted by Crippen LogP contribution is 2.31. The van der Waals surface area contributed by atoms with Gasteiger partial charge < -0.3 is 9.80 Å². The predicted molar refractivity (Wildman–Crippen MR) is 94.9 cm³/mol. The molecule has 0 aliphatic carbocycles. The maximum atomic E-state index is 12.7. The second-order valence-electron chi connectivity index (χ2n) is 7.41. The largest absolute Gasteiger partial charge is 0.471 e. The Morgan fingerprint density at radius 2 is 1.71 bits per heavy atom. The third-order valence-corrected chi connectivity index (χ3v) is 5.67. The van der Waals surface area contributed by atoms with Crippen LogP contribution in [-0.2, 0) is 4.79 Å². The van der Waals surface area contributed by atoms with E-state index in [9.17, 15) is 22.8 Å². The summed E-state index contributed by atoms with van der Waals surface area (Å²) in [5, 5.41) is 4.25. The van der Waals surface area contributed by atoms with E-state index in [0.29, 0.717) is 23.9 Å². The summed E-state index contributed by atoms with van der Waals surface area (Å²) in [7, 11) is 0. The van der Waals surface area contributed by atoms with Crippen LogP contribution in [0.4, 0.5) is 13.2 Å². The highest BCUT2D eigenvalue weighted by atomic mass is 19.4. The molecule has 2 aliphatic rings. The van der Waals surface area contributed by atoms with Crippen LogP contribution in [-0.4, -0.2) is 63.6 Å². The Labute approximate surface area is 159 Å². The fourth-order valence-corrected chi connectivity index (χ4v) is 4.10. The molecule has 0 unspecified atom stereocenters. The SMILES string of the molecule is O=C(c1cnn2ccc(C3CCN(C(=O)C(F)(F)F)CC3)cc12)N1CCCC1. The van der Waals surface area contributed by atoms with Crippen LogP contribution in [0.1, 0.15) is 47.5 Å². The maximum Gasteiger partial charge on any atom is 0.471 e. The smallest absolute Gasteiger partial charge is 0.339 e. The zero-order valence-electron chi connectivity index (χ0n) is 15.3. The van der Waals surface area contributed by atoms with Crippen molar-refractivity contribution < 1.29 is 22.8 Å². The molecule has 150 valence electrons. The van der Waals surface area contributed by atoms with Gasteiger partial charge in [-0.1, -0.05) is 0 Å². The number of rotatable bonds is 2. The fourth-order valence-electron chi connectivity index (χ4n) is 4.10. The molecule has 0 N–H and O–H groups in total. The number of fused-ring (bicyclic) bond motifs is 1. The summed E-state index contributed by atoms with van der Waals surface area (Å²) < 4.78 is 39.5. The van der Waals surface area contributed by atoms with Crippen LogP contribution in [0.15, 0.2) is 24.5 Å². The van der Waals surface area contributed by atoms with Gasteiger partial charge in [-0.2, -0.15) is 18.3 Å². The molecule has 2 aromatic heterocycles. The van der Waals surface area contributed by atoms with Crippen molar-refractivity contribution in [2.24, 2.45) is 0 Å². The lowest BCUT2D eigenvalue weighted by Crippen LogP contribution is -2.45. The monoisotopic (exact) mass is 394 g/mol. The molecule has 4 heterocycles. The minimum absolute atomic E-state index is 0.0322. The summed E-state index contributed by atoms with van der Waals surface area (Å²) in [6.07, 6.45) is 1.46. The van der Waals surface area contributed by atoms with Crippen molar-refractivity contribution in [1.82, 2.24) is 19.4 Å². The van der Waals surface area contributed by atoms with Crippen molar-refractivity contribution >= 4 is 17.3 Å². The summed E-state index contributed by atoms with van der Waals surface area (Å²) in [5.41, 5.74) is 2.22. The number of halogens is 3. The quantitative estimate of drug-likeness (QED) is 0.787. The van der Waals surface area contributed by atoms with Gasteiger partial charge in [0.1, 0.15) is 0 Å². The molecule has 28 heavy (non-hydrogen) atoms. The van der Waals surface area contributed by atoms with Crippen LogP contribution in [0.5, 0.6) is 0 Å². The van der Waals surface area contributed by atoms with E-state index in [2.05, 4.69) is 5.10 Å². The molecule has 0 spiro atoms. The molecule has 2 aromatic rings. The molecule has 0 radical (unpaired) electrons. The molecule has 0 aromatic carbocycles. The van der Waals surface area contributed by atoms with E-state index in [1.807, 2.05) is 17.0 Å². The standard InChI is InChI=1S/C19H21F3N4O2/c20-19(21,22)18(28)25-8-3-13(4-9-25)14-5-10-26-16(11-14)15(12-23-26)17(27)24-6-1-2-7-24/h5,10-13H,1-4,6-9H2. The molecule has 4 rings (SSSR count). The van der Waals surface area contributed by atoms with Crippen LogP contribution in [0.3, 0.4) is 0 Å². The van der Waals surface area contributed by atoms with Crippen LogP contribution < -0.4 is 0 Å². The number of carbonyl (C=O) groups excluding carboxylic acids is 2. The van der Waals surface area contributed by atoms with Gasteiger partial charge in [0, 0.05) is 32.4 Å². The Balaban J connectivity index is 1.51. The predicted octanol–water partition coefficient (Wildman–Crippen LogP) is 2.84. The van der Waals surface area contributed by atoms with Crippen LogP contribution in [0.2, 0.25) is 0 Å². The van der Waals surface area contributed by atoms with E-state index < -0.39 is 12.1 Å². The molecular formula is C19H21F3N4O2. The number of piperidine rings is 1. The maximum absolute atomic E-state index is 12.7. The molecule has 6 nitrogen and oxygen atoms in total. The van der Waals surface area contributed by atoms with Gasteiger partial charge in [0.25, 0.3) is 5.91 Å². The van der Waals surface area contributed by atoms with Gasteiger partial charge in [0.15, 0.2) is 0 Å². The van der Waals surface area contributed by atoms with E-state index in [1.165, 1.54) is 0 Å². The van der Waals surface area contributed by atoms with Crippen molar-refractivity contribution in [1.29, 1.82) is 0 Å². The van der Waals surface area contributed by atoms with Gasteiger partial charge in [-0.25, -0.2) is 4.52 Å². The van der Waals surface area contributed by atoms with Crippen molar-refractivity contribution in [2.45, 2.75) is 37.8 Å². The molecule has 2 amide bonds. The number of aromatic nitrogens is 2. The Kier molecular flexibility index (Phi) is 4.76. The summed E-state index contributed by atoms with van der Waals surface area (Å²) in [6.45, 7) is 1.66. The van der Waals surface area contributed by atoms with Gasteiger partial charge in [-0.05, 0) is 49.3 Å². The number of likely N-dealkylation sites (tertiary alicyclic amines) is 2. The second-order valence-corrected chi connectivity index (χ2v) is 7.41. The zero-order chi connectivity index (χ0) is 19.9. The first kappa shape index (κ1) is 18.8. The Hall–Kier alpha value is -2.58. The van der Waals surface area contributed by atoms with Gasteiger partial charge >= 0.3 is 12.1 Å². The van der Waals surface area contributed by atoms with Gasteiger partial charge in [-0.15, -0.1) is 0 Å². The van der Waals surface area contributed by atoms with Crippen LogP contribution in [0.25, 0.3) is 5.52 Å². The molecule has 2 fully saturated rings. The minimum Gasteiger partial charge on any atom is -0.339 e. The lowest BCUT2D eigenvalue weighted by molar-refractivity contribution is -0.186. The third-order valence-electron chi connectivity index (χ3n) is 5.67. The topological polar surface area (TPSA) is 57.9 Å². The summed E-state index contributed by atoms with van der Waals surface area (Å²) in [4.78, 5) is 26.8. The first-order valence-electron chi connectivity index (χ1n) is 9.47. The molecule has 2 aliphatic heterocycles. The average Bonchev–Trinajstić information content (AvgIpc) is 3.36. The van der Waals surface area contributed by atoms with Gasteiger partial charge in [-0.3, -0.25) is 9.59 Å². The Morgan fingerprint density at radius 1 is 1.04 bits per heavy atom. The average molecular weight is 394 g/mol. The number of nitrogens with zero attached hydrogens (tertiary/aromatic N) is 4. The van der Waals surface area contributed by atoms with Crippen molar-refractivity contribution in [3.63, 3.8) is 0 Å². The van der Waals surface area contributed by atoms with E-state index in [1.54, 1.807) is 16.9 Å². The van der Waals surface area contributed by atoms with Crippen molar-refractivity contribution in [3.05, 3.63) is 35.7 Å². The van der Waals surface area contributed by atoms with Crippen molar-refractivity contribution in [2.75, 3.05) is 26.2 Å². The Morgan fingerprint density at radius 3 is 2.36 bits per heavy atom. The number of hydrogen-bond acceptors (Lipinski definition) is 3. The lowest BCUT2D eigenvalue weighted by atomic mass is 9.89. The highest BCUT2D eigenvalue weighted by molar-refractivity contribution is 6.00. The van der Waals surface area contributed by atoms with E-state index >= 15 is 0 Å². The molecule has 0 atom stereocenters.